The maximum absolute atomic E-state index is 11.7. The second-order valence-electron chi connectivity index (χ2n) is 4.44. The standard InChI is InChI=1S/C13H15N3O3/c1-8(17)9-3-2-4-10(5-9)15-13(19)16-11-6-12(18)14-7-11/h2-5,11H,6-7H2,1H3,(H,14,18)(H2,15,16,19). The van der Waals surface area contributed by atoms with Crippen molar-refractivity contribution >= 4 is 23.4 Å². The van der Waals surface area contributed by atoms with Gasteiger partial charge in [0.25, 0.3) is 0 Å². The highest BCUT2D eigenvalue weighted by Gasteiger charge is 2.22. The van der Waals surface area contributed by atoms with E-state index in [1.165, 1.54) is 6.92 Å². The number of Topliss-reactive ketones (excluding diaryl/α,β-unsaturated/α-hetero) is 1. The molecule has 1 heterocycles. The van der Waals surface area contributed by atoms with Crippen molar-refractivity contribution in [1.82, 2.24) is 10.6 Å². The van der Waals surface area contributed by atoms with Crippen LogP contribution in [0.1, 0.15) is 23.7 Å². The number of hydrogen-bond acceptors (Lipinski definition) is 3. The first-order valence-corrected chi connectivity index (χ1v) is 6.00. The van der Waals surface area contributed by atoms with Gasteiger partial charge in [-0.1, -0.05) is 12.1 Å². The summed E-state index contributed by atoms with van der Waals surface area (Å²) in [5.41, 5.74) is 1.08. The smallest absolute Gasteiger partial charge is 0.319 e. The van der Waals surface area contributed by atoms with E-state index in [0.29, 0.717) is 24.2 Å². The van der Waals surface area contributed by atoms with Gasteiger partial charge in [0, 0.05) is 24.2 Å². The molecule has 2 rings (SSSR count). The van der Waals surface area contributed by atoms with E-state index >= 15 is 0 Å². The summed E-state index contributed by atoms with van der Waals surface area (Å²) < 4.78 is 0. The van der Waals surface area contributed by atoms with Crippen LogP contribution in [0.25, 0.3) is 0 Å². The SMILES string of the molecule is CC(=O)c1cccc(NC(=O)NC2CNC(=O)C2)c1. The van der Waals surface area contributed by atoms with Crippen LogP contribution in [0.15, 0.2) is 24.3 Å². The summed E-state index contributed by atoms with van der Waals surface area (Å²) in [4.78, 5) is 33.9. The minimum absolute atomic E-state index is 0.0605. The zero-order valence-electron chi connectivity index (χ0n) is 10.5. The van der Waals surface area contributed by atoms with Gasteiger partial charge in [-0.25, -0.2) is 4.79 Å². The maximum atomic E-state index is 11.7. The first-order valence-electron chi connectivity index (χ1n) is 6.00. The first-order chi connectivity index (χ1) is 9.04. The molecule has 19 heavy (non-hydrogen) atoms. The molecule has 1 aromatic rings. The Morgan fingerprint density at radius 1 is 1.37 bits per heavy atom. The molecule has 1 aliphatic rings. The molecule has 6 nitrogen and oxygen atoms in total. The Morgan fingerprint density at radius 2 is 2.16 bits per heavy atom. The molecule has 0 saturated carbocycles. The topological polar surface area (TPSA) is 87.3 Å². The zero-order valence-corrected chi connectivity index (χ0v) is 10.5. The molecular weight excluding hydrogens is 246 g/mol. The Balaban J connectivity index is 1.93. The summed E-state index contributed by atoms with van der Waals surface area (Å²) in [6, 6.07) is 6.12. The number of rotatable bonds is 3. The lowest BCUT2D eigenvalue weighted by atomic mass is 10.1. The fraction of sp³-hybridized carbons (Fsp3) is 0.308. The second kappa shape index (κ2) is 5.51. The van der Waals surface area contributed by atoms with Gasteiger partial charge in [0.15, 0.2) is 5.78 Å². The van der Waals surface area contributed by atoms with Gasteiger partial charge in [0.05, 0.1) is 6.04 Å². The first kappa shape index (κ1) is 13.1. The van der Waals surface area contributed by atoms with Crippen molar-refractivity contribution in [2.24, 2.45) is 0 Å². The normalized spacial score (nSPS) is 17.7. The number of ketones is 1. The van der Waals surface area contributed by atoms with Crippen molar-refractivity contribution in [3.8, 4) is 0 Å². The molecule has 3 N–H and O–H groups in total. The summed E-state index contributed by atoms with van der Waals surface area (Å²) in [5, 5.41) is 7.96. The third kappa shape index (κ3) is 3.54. The highest BCUT2D eigenvalue weighted by Crippen LogP contribution is 2.11. The molecule has 1 atom stereocenters. The number of urea groups is 1. The molecule has 0 spiro atoms. The van der Waals surface area contributed by atoms with E-state index in [9.17, 15) is 14.4 Å². The van der Waals surface area contributed by atoms with Crippen LogP contribution in [-0.2, 0) is 4.79 Å². The molecule has 0 bridgehead atoms. The van der Waals surface area contributed by atoms with Crippen molar-refractivity contribution in [3.05, 3.63) is 29.8 Å². The number of hydrogen-bond donors (Lipinski definition) is 3. The Bertz CT molecular complexity index is 528. The molecule has 0 aromatic heterocycles. The van der Waals surface area contributed by atoms with E-state index in [1.807, 2.05) is 0 Å². The Kier molecular flexibility index (Phi) is 3.79. The van der Waals surface area contributed by atoms with Crippen molar-refractivity contribution in [3.63, 3.8) is 0 Å². The van der Waals surface area contributed by atoms with Gasteiger partial charge in [-0.2, -0.15) is 0 Å². The molecule has 6 heteroatoms. The highest BCUT2D eigenvalue weighted by atomic mass is 16.2. The molecule has 1 fully saturated rings. The van der Waals surface area contributed by atoms with Crippen LogP contribution < -0.4 is 16.0 Å². The average Bonchev–Trinajstić information content (AvgIpc) is 2.74. The molecule has 1 saturated heterocycles. The predicted octanol–water partition coefficient (Wildman–Crippen LogP) is 0.899. The Labute approximate surface area is 110 Å². The van der Waals surface area contributed by atoms with Gasteiger partial charge in [0.1, 0.15) is 0 Å². The van der Waals surface area contributed by atoms with E-state index < -0.39 is 0 Å². The monoisotopic (exact) mass is 261 g/mol. The fourth-order valence-corrected chi connectivity index (χ4v) is 1.88. The van der Waals surface area contributed by atoms with Gasteiger partial charge >= 0.3 is 6.03 Å². The zero-order chi connectivity index (χ0) is 13.8. The van der Waals surface area contributed by atoms with Gasteiger partial charge in [-0.3, -0.25) is 9.59 Å². The maximum Gasteiger partial charge on any atom is 0.319 e. The molecular formula is C13H15N3O3. The fourth-order valence-electron chi connectivity index (χ4n) is 1.88. The summed E-state index contributed by atoms with van der Waals surface area (Å²) in [6.07, 6.45) is 0.293. The van der Waals surface area contributed by atoms with Crippen molar-refractivity contribution < 1.29 is 14.4 Å². The molecule has 0 radical (unpaired) electrons. The number of carbonyl (C=O) groups is 3. The summed E-state index contributed by atoms with van der Waals surface area (Å²) in [6.45, 7) is 1.91. The van der Waals surface area contributed by atoms with E-state index in [1.54, 1.807) is 24.3 Å². The molecule has 0 aliphatic carbocycles. The summed E-state index contributed by atoms with van der Waals surface area (Å²) in [7, 11) is 0. The van der Waals surface area contributed by atoms with Crippen LogP contribution in [0.2, 0.25) is 0 Å². The van der Waals surface area contributed by atoms with Crippen molar-refractivity contribution in [1.29, 1.82) is 0 Å². The van der Waals surface area contributed by atoms with Crippen LogP contribution in [-0.4, -0.2) is 30.3 Å². The Morgan fingerprint density at radius 3 is 2.79 bits per heavy atom. The van der Waals surface area contributed by atoms with Crippen molar-refractivity contribution in [2.75, 3.05) is 11.9 Å². The molecule has 1 aliphatic heterocycles. The molecule has 100 valence electrons. The number of nitrogens with one attached hydrogen (secondary N) is 3. The van der Waals surface area contributed by atoms with E-state index in [0.717, 1.165) is 0 Å². The lowest BCUT2D eigenvalue weighted by Gasteiger charge is -2.12. The highest BCUT2D eigenvalue weighted by molar-refractivity contribution is 5.96. The van der Waals surface area contributed by atoms with Gasteiger partial charge in [0.2, 0.25) is 5.91 Å². The van der Waals surface area contributed by atoms with Gasteiger partial charge in [-0.15, -0.1) is 0 Å². The van der Waals surface area contributed by atoms with Crippen LogP contribution in [0.3, 0.4) is 0 Å². The van der Waals surface area contributed by atoms with Crippen LogP contribution in [0, 0.1) is 0 Å². The lowest BCUT2D eigenvalue weighted by Crippen LogP contribution is -2.39. The molecule has 1 unspecified atom stereocenters. The van der Waals surface area contributed by atoms with Gasteiger partial charge in [-0.05, 0) is 19.1 Å². The third-order valence-corrected chi connectivity index (χ3v) is 2.84. The number of benzene rings is 1. The van der Waals surface area contributed by atoms with Crippen LogP contribution in [0.4, 0.5) is 10.5 Å². The average molecular weight is 261 g/mol. The quantitative estimate of drug-likeness (QED) is 0.706. The van der Waals surface area contributed by atoms with E-state index in [-0.39, 0.29) is 23.8 Å². The Hall–Kier alpha value is -2.37. The molecule has 1 aromatic carbocycles. The lowest BCUT2D eigenvalue weighted by molar-refractivity contribution is -0.119. The summed E-state index contributed by atoms with van der Waals surface area (Å²) in [5.74, 6) is -0.126. The predicted molar refractivity (Wildman–Crippen MR) is 70.0 cm³/mol. The number of anilines is 1. The molecule has 3 amide bonds. The van der Waals surface area contributed by atoms with Crippen molar-refractivity contribution in [2.45, 2.75) is 19.4 Å². The van der Waals surface area contributed by atoms with Gasteiger partial charge < -0.3 is 16.0 Å². The summed E-state index contributed by atoms with van der Waals surface area (Å²) >= 11 is 0. The number of carbonyl (C=O) groups excluding carboxylic acids is 3. The van der Waals surface area contributed by atoms with E-state index in [4.69, 9.17) is 0 Å². The number of amides is 3. The minimum atomic E-state index is -0.387. The minimum Gasteiger partial charge on any atom is -0.354 e. The largest absolute Gasteiger partial charge is 0.354 e. The van der Waals surface area contributed by atoms with E-state index in [2.05, 4.69) is 16.0 Å². The second-order valence-corrected chi connectivity index (χ2v) is 4.44. The third-order valence-electron chi connectivity index (χ3n) is 2.84. The van der Waals surface area contributed by atoms with Crippen LogP contribution in [0.5, 0.6) is 0 Å². The van der Waals surface area contributed by atoms with Crippen LogP contribution >= 0.6 is 0 Å².